The summed E-state index contributed by atoms with van der Waals surface area (Å²) in [5.74, 6) is -0.719. The number of carbonyl (C=O) groups is 1. The molecule has 2 rings (SSSR count). The van der Waals surface area contributed by atoms with E-state index in [4.69, 9.17) is 4.74 Å². The third kappa shape index (κ3) is 7.83. The van der Waals surface area contributed by atoms with Crippen molar-refractivity contribution >= 4 is 27.9 Å². The van der Waals surface area contributed by atoms with Gasteiger partial charge in [-0.25, -0.2) is 13.2 Å². The van der Waals surface area contributed by atoms with Crippen LogP contribution in [0.1, 0.15) is 65.2 Å². The quantitative estimate of drug-likeness (QED) is 0.257. The molecule has 0 aliphatic heterocycles. The van der Waals surface area contributed by atoms with Gasteiger partial charge < -0.3 is 4.74 Å². The maximum absolute atomic E-state index is 13.2. The minimum Gasteiger partial charge on any atom is -0.462 e. The van der Waals surface area contributed by atoms with Crippen molar-refractivity contribution in [2.24, 2.45) is 4.99 Å². The number of aryl methyl sites for hydroxylation is 1. The molecule has 184 valence electrons. The number of hydrogen-bond donors (Lipinski definition) is 1. The van der Waals surface area contributed by atoms with Gasteiger partial charge in [0.1, 0.15) is 11.4 Å². The fraction of sp³-hybridized carbons (Fsp3) is 0.407. The van der Waals surface area contributed by atoms with Gasteiger partial charge in [0.05, 0.1) is 17.0 Å². The maximum atomic E-state index is 13.2. The normalized spacial score (nSPS) is 13.5. The Bertz CT molecular complexity index is 1160. The summed E-state index contributed by atoms with van der Waals surface area (Å²) in [5.41, 5.74) is 2.17. The van der Waals surface area contributed by atoms with E-state index in [2.05, 4.69) is 30.5 Å². The summed E-state index contributed by atoms with van der Waals surface area (Å²) in [6.07, 6.45) is 1.60. The van der Waals surface area contributed by atoms with Crippen LogP contribution in [0.3, 0.4) is 0 Å². The van der Waals surface area contributed by atoms with Gasteiger partial charge in [0.25, 0.3) is 10.0 Å². The number of esters is 1. The zero-order chi connectivity index (χ0) is 25.7. The molecule has 0 aliphatic rings. The Hall–Kier alpha value is -2.93. The van der Waals surface area contributed by atoms with E-state index >= 15 is 0 Å². The van der Waals surface area contributed by atoms with Gasteiger partial charge >= 0.3 is 5.97 Å². The zero-order valence-electron chi connectivity index (χ0n) is 21.4. The number of amidine groups is 1. The first-order valence-corrected chi connectivity index (χ1v) is 12.8. The van der Waals surface area contributed by atoms with Crippen LogP contribution in [0.2, 0.25) is 0 Å². The van der Waals surface area contributed by atoms with Crippen molar-refractivity contribution < 1.29 is 17.9 Å². The lowest BCUT2D eigenvalue weighted by molar-refractivity contribution is -0.137. The highest BCUT2D eigenvalue weighted by Crippen LogP contribution is 2.23. The fourth-order valence-corrected chi connectivity index (χ4v) is 4.08. The number of rotatable bonds is 6. The second-order valence-corrected chi connectivity index (χ2v) is 11.9. The largest absolute Gasteiger partial charge is 0.462 e. The van der Waals surface area contributed by atoms with Crippen molar-refractivity contribution in [3.63, 3.8) is 0 Å². The van der Waals surface area contributed by atoms with E-state index < -0.39 is 21.5 Å². The van der Waals surface area contributed by atoms with Crippen molar-refractivity contribution in [3.05, 3.63) is 70.8 Å². The van der Waals surface area contributed by atoms with Crippen molar-refractivity contribution in [2.45, 2.75) is 71.2 Å². The average molecular weight is 485 g/mol. The van der Waals surface area contributed by atoms with Crippen LogP contribution in [0.5, 0.6) is 0 Å². The molecule has 0 amide bonds. The van der Waals surface area contributed by atoms with Crippen LogP contribution in [0.15, 0.2) is 64.0 Å². The third-order valence-corrected chi connectivity index (χ3v) is 6.20. The van der Waals surface area contributed by atoms with Crippen LogP contribution in [-0.2, 0) is 25.0 Å². The minimum atomic E-state index is -3.99. The summed E-state index contributed by atoms with van der Waals surface area (Å²) in [7, 11) is -3.99. The minimum absolute atomic E-state index is 0.0191. The summed E-state index contributed by atoms with van der Waals surface area (Å²) in [4.78, 5) is 17.6. The Labute approximate surface area is 204 Å². The zero-order valence-corrected chi connectivity index (χ0v) is 22.2. The Morgan fingerprint density at radius 3 is 2.00 bits per heavy atom. The smallest absolute Gasteiger partial charge is 0.341 e. The first-order valence-electron chi connectivity index (χ1n) is 11.3. The van der Waals surface area contributed by atoms with Crippen molar-refractivity contribution in [2.75, 3.05) is 6.61 Å². The van der Waals surface area contributed by atoms with E-state index in [0.717, 1.165) is 16.7 Å². The number of hydrogen-bond acceptors (Lipinski definition) is 5. The molecule has 0 bridgehead atoms. The van der Waals surface area contributed by atoms with Crippen LogP contribution in [-0.4, -0.2) is 32.4 Å². The molecule has 0 saturated carbocycles. The predicted octanol–water partition coefficient (Wildman–Crippen LogP) is 5.41. The molecule has 0 atom stereocenters. The number of aliphatic imine (C=N–C) groups is 1. The highest BCUT2D eigenvalue weighted by Gasteiger charge is 2.26. The Morgan fingerprint density at radius 1 is 0.971 bits per heavy atom. The molecule has 0 aliphatic carbocycles. The SMILES string of the molecule is CCOC(=O)/C(=C/c1ccc(C(C)(C)C)cc1)C(=NC(C)(C)C)NS(=O)(=O)c1ccc(C)cc1. The topological polar surface area (TPSA) is 84.8 Å². The highest BCUT2D eigenvalue weighted by atomic mass is 32.2. The maximum Gasteiger partial charge on any atom is 0.341 e. The van der Waals surface area contributed by atoms with E-state index in [1.165, 1.54) is 12.1 Å². The van der Waals surface area contributed by atoms with Gasteiger partial charge in [0.15, 0.2) is 0 Å². The lowest BCUT2D eigenvalue weighted by Gasteiger charge is -2.20. The van der Waals surface area contributed by atoms with E-state index in [1.807, 2.05) is 52.0 Å². The van der Waals surface area contributed by atoms with Crippen LogP contribution in [0.25, 0.3) is 6.08 Å². The molecule has 0 spiro atoms. The number of nitrogens with zero attached hydrogens (tertiary/aromatic N) is 1. The molecule has 0 radical (unpaired) electrons. The highest BCUT2D eigenvalue weighted by molar-refractivity contribution is 7.90. The molecule has 6 nitrogen and oxygen atoms in total. The molecule has 2 aromatic rings. The lowest BCUT2D eigenvalue weighted by atomic mass is 9.86. The van der Waals surface area contributed by atoms with E-state index in [1.54, 1.807) is 25.1 Å². The summed E-state index contributed by atoms with van der Waals surface area (Å²) in [5, 5.41) is 0. The van der Waals surface area contributed by atoms with E-state index in [9.17, 15) is 13.2 Å². The predicted molar refractivity (Wildman–Crippen MR) is 138 cm³/mol. The van der Waals surface area contributed by atoms with Crippen LogP contribution < -0.4 is 4.72 Å². The second-order valence-electron chi connectivity index (χ2n) is 10.2. The number of nitrogens with one attached hydrogen (secondary N) is 1. The second kappa shape index (κ2) is 10.6. The summed E-state index contributed by atoms with van der Waals surface area (Å²) in [6.45, 7) is 15.6. The summed E-state index contributed by atoms with van der Waals surface area (Å²) >= 11 is 0. The average Bonchev–Trinajstić information content (AvgIpc) is 2.70. The van der Waals surface area contributed by atoms with Crippen LogP contribution >= 0.6 is 0 Å². The molecule has 34 heavy (non-hydrogen) atoms. The van der Waals surface area contributed by atoms with Crippen molar-refractivity contribution in [1.82, 2.24) is 4.72 Å². The van der Waals surface area contributed by atoms with Gasteiger partial charge in [0, 0.05) is 0 Å². The van der Waals surface area contributed by atoms with Gasteiger partial charge in [-0.05, 0) is 69.4 Å². The molecule has 0 saturated heterocycles. The number of benzene rings is 2. The van der Waals surface area contributed by atoms with Crippen LogP contribution in [0.4, 0.5) is 0 Å². The molecule has 0 heterocycles. The monoisotopic (exact) mass is 484 g/mol. The fourth-order valence-electron chi connectivity index (χ4n) is 3.06. The molecule has 7 heteroatoms. The molecular weight excluding hydrogens is 448 g/mol. The summed E-state index contributed by atoms with van der Waals surface area (Å²) in [6, 6.07) is 14.2. The Kier molecular flexibility index (Phi) is 8.48. The lowest BCUT2D eigenvalue weighted by Crippen LogP contribution is -2.36. The first-order chi connectivity index (χ1) is 15.6. The first kappa shape index (κ1) is 27.3. The van der Waals surface area contributed by atoms with Gasteiger partial charge in [-0.1, -0.05) is 62.7 Å². The van der Waals surface area contributed by atoms with Gasteiger partial charge in [0.2, 0.25) is 0 Å². The number of ether oxygens (including phenoxy) is 1. The third-order valence-electron chi connectivity index (χ3n) is 4.85. The van der Waals surface area contributed by atoms with Crippen LogP contribution in [0, 0.1) is 6.92 Å². The van der Waals surface area contributed by atoms with Crippen molar-refractivity contribution in [3.8, 4) is 0 Å². The molecule has 2 aromatic carbocycles. The van der Waals surface area contributed by atoms with Crippen molar-refractivity contribution in [1.29, 1.82) is 0 Å². The summed E-state index contributed by atoms with van der Waals surface area (Å²) < 4.78 is 34.1. The molecule has 0 unspecified atom stereocenters. The standard InChI is InChI=1S/C27H36N2O4S/c1-9-33-25(30)23(18-20-12-14-21(15-13-20)26(3,4)5)24(28-27(6,7)8)29-34(31,32)22-16-10-19(2)11-17-22/h10-18H,9H2,1-8H3,(H,28,29)/b23-18+. The van der Waals surface area contributed by atoms with Gasteiger partial charge in [-0.2, -0.15) is 0 Å². The van der Waals surface area contributed by atoms with E-state index in [-0.39, 0.29) is 28.3 Å². The molecule has 1 N–H and O–H groups in total. The Balaban J connectivity index is 2.61. The molecular formula is C27H36N2O4S. The molecule has 0 aromatic heterocycles. The van der Waals surface area contributed by atoms with Gasteiger partial charge in [-0.15, -0.1) is 0 Å². The van der Waals surface area contributed by atoms with Gasteiger partial charge in [-0.3, -0.25) is 9.71 Å². The van der Waals surface area contributed by atoms with E-state index in [0.29, 0.717) is 0 Å². The molecule has 0 fully saturated rings. The Morgan fingerprint density at radius 2 is 1.53 bits per heavy atom. The number of sulfonamides is 1. The number of carbonyl (C=O) groups excluding carboxylic acids is 1.